The summed E-state index contributed by atoms with van der Waals surface area (Å²) in [4.78, 5) is 11.8. The van der Waals surface area contributed by atoms with E-state index in [-0.39, 0.29) is 12.3 Å². The molecular formula is C12H12Cl2N4O. The molecule has 0 aliphatic heterocycles. The van der Waals surface area contributed by atoms with Gasteiger partial charge in [-0.05, 0) is 24.6 Å². The Labute approximate surface area is 120 Å². The summed E-state index contributed by atoms with van der Waals surface area (Å²) >= 11 is 11.7. The van der Waals surface area contributed by atoms with E-state index in [0.717, 1.165) is 5.56 Å². The molecule has 19 heavy (non-hydrogen) atoms. The smallest absolute Gasteiger partial charge is 0.230 e. The van der Waals surface area contributed by atoms with Crippen molar-refractivity contribution >= 4 is 40.6 Å². The molecule has 0 unspecified atom stereocenters. The second-order valence-electron chi connectivity index (χ2n) is 4.08. The van der Waals surface area contributed by atoms with Crippen LogP contribution in [0.2, 0.25) is 10.0 Å². The Morgan fingerprint density at radius 3 is 2.74 bits per heavy atom. The van der Waals surface area contributed by atoms with Crippen LogP contribution in [0.4, 0.5) is 11.5 Å². The summed E-state index contributed by atoms with van der Waals surface area (Å²) in [7, 11) is 0. The number of halogens is 2. The van der Waals surface area contributed by atoms with Crippen LogP contribution in [0, 0.1) is 6.92 Å². The first kappa shape index (κ1) is 13.7. The van der Waals surface area contributed by atoms with Gasteiger partial charge in [-0.15, -0.1) is 0 Å². The lowest BCUT2D eigenvalue weighted by molar-refractivity contribution is -0.115. The fourth-order valence-corrected chi connectivity index (χ4v) is 1.87. The zero-order valence-electron chi connectivity index (χ0n) is 10.1. The van der Waals surface area contributed by atoms with Crippen LogP contribution >= 0.6 is 23.2 Å². The van der Waals surface area contributed by atoms with Gasteiger partial charge in [0.05, 0.1) is 27.8 Å². The van der Waals surface area contributed by atoms with Crippen molar-refractivity contribution in [2.75, 3.05) is 11.1 Å². The Balaban J connectivity index is 2.05. The van der Waals surface area contributed by atoms with Crippen LogP contribution in [-0.4, -0.2) is 16.1 Å². The van der Waals surface area contributed by atoms with Crippen LogP contribution in [0.15, 0.2) is 18.2 Å². The van der Waals surface area contributed by atoms with E-state index >= 15 is 0 Å². The molecule has 4 N–H and O–H groups in total. The van der Waals surface area contributed by atoms with E-state index in [1.807, 2.05) is 0 Å². The number of hydrogen-bond donors (Lipinski definition) is 3. The fourth-order valence-electron chi connectivity index (χ4n) is 1.54. The number of nitrogen functional groups attached to an aromatic ring is 1. The molecule has 0 aliphatic rings. The Morgan fingerprint density at radius 2 is 2.16 bits per heavy atom. The molecule has 5 nitrogen and oxygen atoms in total. The number of H-pyrrole nitrogens is 1. The summed E-state index contributed by atoms with van der Waals surface area (Å²) in [6.07, 6.45) is 0.169. The average Bonchev–Trinajstić information content (AvgIpc) is 2.66. The molecule has 2 aromatic rings. The molecule has 7 heteroatoms. The molecule has 1 amide bonds. The van der Waals surface area contributed by atoms with Crippen LogP contribution < -0.4 is 11.1 Å². The van der Waals surface area contributed by atoms with Crippen LogP contribution in [0.3, 0.4) is 0 Å². The standard InChI is InChI=1S/C12H12Cl2N4O/c1-6-11(15)12(18-17-6)16-10(19)5-7-2-3-8(13)9(14)4-7/h2-4H,5,15H2,1H3,(H2,16,17,18,19). The van der Waals surface area contributed by atoms with Crippen molar-refractivity contribution in [1.82, 2.24) is 10.2 Å². The molecule has 0 saturated carbocycles. The highest BCUT2D eigenvalue weighted by molar-refractivity contribution is 6.42. The lowest BCUT2D eigenvalue weighted by Crippen LogP contribution is -2.15. The SMILES string of the molecule is Cc1[nH]nc(NC(=O)Cc2ccc(Cl)c(Cl)c2)c1N. The van der Waals surface area contributed by atoms with Gasteiger partial charge in [0.15, 0.2) is 5.82 Å². The molecule has 0 saturated heterocycles. The van der Waals surface area contributed by atoms with Crippen molar-refractivity contribution in [3.05, 3.63) is 39.5 Å². The molecular weight excluding hydrogens is 287 g/mol. The number of carbonyl (C=O) groups excluding carboxylic acids is 1. The van der Waals surface area contributed by atoms with Crippen molar-refractivity contribution in [2.24, 2.45) is 0 Å². The highest BCUT2D eigenvalue weighted by Gasteiger charge is 2.11. The maximum absolute atomic E-state index is 11.8. The predicted octanol–water partition coefficient (Wildman–Crippen LogP) is 2.79. The highest BCUT2D eigenvalue weighted by Crippen LogP contribution is 2.23. The minimum Gasteiger partial charge on any atom is -0.394 e. The van der Waals surface area contributed by atoms with E-state index in [1.54, 1.807) is 25.1 Å². The van der Waals surface area contributed by atoms with Gasteiger partial charge in [-0.3, -0.25) is 9.89 Å². The van der Waals surface area contributed by atoms with Crippen LogP contribution in [0.1, 0.15) is 11.3 Å². The molecule has 1 heterocycles. The number of nitrogens with one attached hydrogen (secondary N) is 2. The summed E-state index contributed by atoms with van der Waals surface area (Å²) in [6.45, 7) is 1.77. The Kier molecular flexibility index (Phi) is 3.97. The van der Waals surface area contributed by atoms with Crippen molar-refractivity contribution < 1.29 is 4.79 Å². The quantitative estimate of drug-likeness (QED) is 0.814. The summed E-state index contributed by atoms with van der Waals surface area (Å²) < 4.78 is 0. The maximum Gasteiger partial charge on any atom is 0.230 e. The maximum atomic E-state index is 11.8. The third-order valence-corrected chi connectivity index (χ3v) is 3.34. The summed E-state index contributed by atoms with van der Waals surface area (Å²) in [5.41, 5.74) is 7.65. The van der Waals surface area contributed by atoms with Gasteiger partial charge in [-0.1, -0.05) is 29.3 Å². The highest BCUT2D eigenvalue weighted by atomic mass is 35.5. The first-order valence-electron chi connectivity index (χ1n) is 5.51. The zero-order valence-corrected chi connectivity index (χ0v) is 11.6. The monoisotopic (exact) mass is 298 g/mol. The lowest BCUT2D eigenvalue weighted by Gasteiger charge is -2.04. The molecule has 0 radical (unpaired) electrons. The topological polar surface area (TPSA) is 83.8 Å². The fraction of sp³-hybridized carbons (Fsp3) is 0.167. The van der Waals surface area contributed by atoms with Gasteiger partial charge >= 0.3 is 0 Å². The minimum absolute atomic E-state index is 0.169. The Hall–Kier alpha value is -1.72. The van der Waals surface area contributed by atoms with Gasteiger partial charge in [-0.25, -0.2) is 0 Å². The average molecular weight is 299 g/mol. The van der Waals surface area contributed by atoms with Gasteiger partial charge < -0.3 is 11.1 Å². The minimum atomic E-state index is -0.225. The molecule has 1 aromatic heterocycles. The van der Waals surface area contributed by atoms with E-state index in [0.29, 0.717) is 27.2 Å². The first-order chi connectivity index (χ1) is 8.97. The predicted molar refractivity (Wildman–Crippen MR) is 76.5 cm³/mol. The number of aromatic amines is 1. The number of rotatable bonds is 3. The van der Waals surface area contributed by atoms with E-state index < -0.39 is 0 Å². The third-order valence-electron chi connectivity index (χ3n) is 2.60. The van der Waals surface area contributed by atoms with E-state index in [4.69, 9.17) is 28.9 Å². The van der Waals surface area contributed by atoms with Crippen molar-refractivity contribution in [1.29, 1.82) is 0 Å². The number of anilines is 2. The number of amides is 1. The van der Waals surface area contributed by atoms with Gasteiger partial charge in [0.25, 0.3) is 0 Å². The Morgan fingerprint density at radius 1 is 1.42 bits per heavy atom. The lowest BCUT2D eigenvalue weighted by atomic mass is 10.1. The number of aromatic nitrogens is 2. The number of carbonyl (C=O) groups is 1. The second kappa shape index (κ2) is 5.50. The largest absolute Gasteiger partial charge is 0.394 e. The van der Waals surface area contributed by atoms with Gasteiger partial charge in [0.1, 0.15) is 0 Å². The summed E-state index contributed by atoms with van der Waals surface area (Å²) in [6, 6.07) is 5.05. The number of benzene rings is 1. The zero-order chi connectivity index (χ0) is 14.0. The first-order valence-corrected chi connectivity index (χ1v) is 6.27. The molecule has 0 atom stereocenters. The van der Waals surface area contributed by atoms with E-state index in [1.165, 1.54) is 0 Å². The van der Waals surface area contributed by atoms with Crippen molar-refractivity contribution in [2.45, 2.75) is 13.3 Å². The number of hydrogen-bond acceptors (Lipinski definition) is 3. The van der Waals surface area contributed by atoms with E-state index in [9.17, 15) is 4.79 Å². The van der Waals surface area contributed by atoms with Crippen LogP contribution in [-0.2, 0) is 11.2 Å². The normalized spacial score (nSPS) is 10.5. The molecule has 0 aliphatic carbocycles. The van der Waals surface area contributed by atoms with Crippen LogP contribution in [0.25, 0.3) is 0 Å². The summed E-state index contributed by atoms with van der Waals surface area (Å²) in [5, 5.41) is 10.1. The third kappa shape index (κ3) is 3.19. The number of aryl methyl sites for hydroxylation is 1. The summed E-state index contributed by atoms with van der Waals surface area (Å²) in [5.74, 6) is 0.110. The molecule has 1 aromatic carbocycles. The second-order valence-corrected chi connectivity index (χ2v) is 4.90. The Bertz CT molecular complexity index is 624. The van der Waals surface area contributed by atoms with Gasteiger partial charge in [0, 0.05) is 0 Å². The van der Waals surface area contributed by atoms with Gasteiger partial charge in [0.2, 0.25) is 5.91 Å². The molecule has 100 valence electrons. The number of nitrogens with zero attached hydrogens (tertiary/aromatic N) is 1. The molecule has 2 rings (SSSR count). The van der Waals surface area contributed by atoms with Crippen molar-refractivity contribution in [3.63, 3.8) is 0 Å². The van der Waals surface area contributed by atoms with E-state index in [2.05, 4.69) is 15.5 Å². The number of nitrogens with two attached hydrogens (primary N) is 1. The van der Waals surface area contributed by atoms with Gasteiger partial charge in [-0.2, -0.15) is 5.10 Å². The van der Waals surface area contributed by atoms with Crippen LogP contribution in [0.5, 0.6) is 0 Å². The molecule has 0 spiro atoms. The molecule has 0 bridgehead atoms. The van der Waals surface area contributed by atoms with Crippen molar-refractivity contribution in [3.8, 4) is 0 Å². The molecule has 0 fully saturated rings.